The van der Waals surface area contributed by atoms with E-state index in [4.69, 9.17) is 10.00 Å². The van der Waals surface area contributed by atoms with E-state index >= 15 is 0 Å². The first kappa shape index (κ1) is 23.2. The summed E-state index contributed by atoms with van der Waals surface area (Å²) in [6.07, 6.45) is -3.60. The number of carbonyl (C=O) groups excluding carboxylic acids is 1. The van der Waals surface area contributed by atoms with Gasteiger partial charge < -0.3 is 10.1 Å². The minimum absolute atomic E-state index is 0.0223. The Morgan fingerprint density at radius 1 is 1.00 bits per heavy atom. The van der Waals surface area contributed by atoms with Crippen molar-refractivity contribution in [3.8, 4) is 17.6 Å². The Hall–Kier alpha value is -4.00. The maximum Gasteiger partial charge on any atom is 0.419 e. The highest BCUT2D eigenvalue weighted by molar-refractivity contribution is 6.06. The molecule has 0 heterocycles. The standard InChI is InChI=1S/C24H14F6N2O2/c25-14-3-7-19(16(10-14)12-1-2-12)34-20-8-5-17(24(28,29)30)22(27)21(20)23(33)32-15-4-6-18(26)13(9-15)11-31/h3-10,12H,1-2H2,(H,32,33). The maximum absolute atomic E-state index is 15.0. The second-order valence-electron chi connectivity index (χ2n) is 7.62. The van der Waals surface area contributed by atoms with Crippen LogP contribution in [0.5, 0.6) is 11.5 Å². The summed E-state index contributed by atoms with van der Waals surface area (Å²) >= 11 is 0. The highest BCUT2D eigenvalue weighted by atomic mass is 19.4. The van der Waals surface area contributed by atoms with Crippen molar-refractivity contribution in [3.05, 3.63) is 88.2 Å². The Kier molecular flexibility index (Phi) is 5.96. The largest absolute Gasteiger partial charge is 0.456 e. The van der Waals surface area contributed by atoms with E-state index in [9.17, 15) is 31.1 Å². The number of nitrogens with zero attached hydrogens (tertiary/aromatic N) is 1. The van der Waals surface area contributed by atoms with Gasteiger partial charge in [0, 0.05) is 11.3 Å². The fraction of sp³-hybridized carbons (Fsp3) is 0.167. The molecule has 1 aliphatic carbocycles. The lowest BCUT2D eigenvalue weighted by molar-refractivity contribution is -0.140. The van der Waals surface area contributed by atoms with Crippen LogP contribution in [-0.2, 0) is 6.18 Å². The van der Waals surface area contributed by atoms with Crippen molar-refractivity contribution >= 4 is 11.6 Å². The first-order valence-electron chi connectivity index (χ1n) is 9.96. The van der Waals surface area contributed by atoms with Gasteiger partial charge in [-0.15, -0.1) is 0 Å². The molecule has 1 saturated carbocycles. The molecular weight excluding hydrogens is 462 g/mol. The van der Waals surface area contributed by atoms with Gasteiger partial charge in [-0.05, 0) is 67.3 Å². The normalized spacial score (nSPS) is 13.3. The Balaban J connectivity index is 1.77. The second kappa shape index (κ2) is 8.74. The van der Waals surface area contributed by atoms with Crippen LogP contribution in [0.15, 0.2) is 48.5 Å². The van der Waals surface area contributed by atoms with E-state index in [0.29, 0.717) is 11.6 Å². The number of hydrogen-bond donors (Lipinski definition) is 1. The van der Waals surface area contributed by atoms with Crippen molar-refractivity contribution in [2.24, 2.45) is 0 Å². The Bertz CT molecular complexity index is 1330. The summed E-state index contributed by atoms with van der Waals surface area (Å²) in [7, 11) is 0. The molecule has 0 atom stereocenters. The van der Waals surface area contributed by atoms with Gasteiger partial charge in [-0.25, -0.2) is 13.2 Å². The zero-order valence-electron chi connectivity index (χ0n) is 17.1. The molecule has 0 bridgehead atoms. The van der Waals surface area contributed by atoms with Crippen molar-refractivity contribution in [2.75, 3.05) is 5.32 Å². The fourth-order valence-electron chi connectivity index (χ4n) is 3.40. The molecule has 0 unspecified atom stereocenters. The van der Waals surface area contributed by atoms with Crippen LogP contribution >= 0.6 is 0 Å². The van der Waals surface area contributed by atoms with Gasteiger partial charge in [0.25, 0.3) is 5.91 Å². The summed E-state index contributed by atoms with van der Waals surface area (Å²) in [6, 6.07) is 9.21. The monoisotopic (exact) mass is 476 g/mol. The number of hydrogen-bond acceptors (Lipinski definition) is 3. The van der Waals surface area contributed by atoms with Crippen molar-refractivity contribution in [2.45, 2.75) is 24.9 Å². The third kappa shape index (κ3) is 4.69. The van der Waals surface area contributed by atoms with E-state index in [2.05, 4.69) is 5.32 Å². The molecule has 34 heavy (non-hydrogen) atoms. The van der Waals surface area contributed by atoms with Crippen LogP contribution in [0.3, 0.4) is 0 Å². The summed E-state index contributed by atoms with van der Waals surface area (Å²) in [6.45, 7) is 0. The minimum Gasteiger partial charge on any atom is -0.456 e. The summed E-state index contributed by atoms with van der Waals surface area (Å²) in [5.41, 5.74) is -2.87. The Morgan fingerprint density at radius 2 is 1.71 bits per heavy atom. The number of halogens is 6. The van der Waals surface area contributed by atoms with Gasteiger partial charge in [-0.3, -0.25) is 4.79 Å². The predicted octanol–water partition coefficient (Wildman–Crippen LogP) is 6.92. The number of benzene rings is 3. The highest BCUT2D eigenvalue weighted by Crippen LogP contribution is 2.46. The number of nitriles is 1. The topological polar surface area (TPSA) is 62.1 Å². The first-order valence-corrected chi connectivity index (χ1v) is 9.96. The van der Waals surface area contributed by atoms with Gasteiger partial charge in [0.05, 0.1) is 11.1 Å². The van der Waals surface area contributed by atoms with Crippen LogP contribution in [-0.4, -0.2) is 5.91 Å². The molecule has 0 aliphatic heterocycles. The second-order valence-corrected chi connectivity index (χ2v) is 7.62. The quantitative estimate of drug-likeness (QED) is 0.407. The summed E-state index contributed by atoms with van der Waals surface area (Å²) < 4.78 is 87.8. The predicted molar refractivity (Wildman–Crippen MR) is 109 cm³/mol. The minimum atomic E-state index is -5.10. The highest BCUT2D eigenvalue weighted by Gasteiger charge is 2.38. The molecule has 4 rings (SSSR count). The molecular formula is C24H14F6N2O2. The summed E-state index contributed by atoms with van der Waals surface area (Å²) in [4.78, 5) is 12.9. The van der Waals surface area contributed by atoms with Crippen molar-refractivity contribution < 1.29 is 35.9 Å². The van der Waals surface area contributed by atoms with Crippen molar-refractivity contribution in [1.29, 1.82) is 5.26 Å². The van der Waals surface area contributed by atoms with E-state index in [-0.39, 0.29) is 17.4 Å². The van der Waals surface area contributed by atoms with Gasteiger partial charge in [0.15, 0.2) is 5.82 Å². The molecule has 174 valence electrons. The van der Waals surface area contributed by atoms with E-state index in [1.165, 1.54) is 12.1 Å². The molecule has 10 heteroatoms. The zero-order valence-corrected chi connectivity index (χ0v) is 17.1. The number of nitrogens with one attached hydrogen (secondary N) is 1. The number of amides is 1. The molecule has 3 aromatic rings. The van der Waals surface area contributed by atoms with Crippen LogP contribution in [0.4, 0.5) is 32.0 Å². The average molecular weight is 476 g/mol. The third-order valence-corrected chi connectivity index (χ3v) is 5.19. The molecule has 0 saturated heterocycles. The SMILES string of the molecule is N#Cc1cc(NC(=O)c2c(Oc3ccc(F)cc3C3CC3)ccc(C(F)(F)F)c2F)ccc1F. The van der Waals surface area contributed by atoms with E-state index in [1.807, 2.05) is 0 Å². The molecule has 0 spiro atoms. The Morgan fingerprint density at radius 3 is 2.35 bits per heavy atom. The lowest BCUT2D eigenvalue weighted by Gasteiger charge is -2.17. The maximum atomic E-state index is 15.0. The molecule has 0 radical (unpaired) electrons. The van der Waals surface area contributed by atoms with E-state index < -0.39 is 52.0 Å². The van der Waals surface area contributed by atoms with Crippen LogP contribution < -0.4 is 10.1 Å². The van der Waals surface area contributed by atoms with Gasteiger partial charge in [0.1, 0.15) is 34.8 Å². The molecule has 1 aliphatic rings. The van der Waals surface area contributed by atoms with E-state index in [0.717, 1.165) is 43.2 Å². The summed E-state index contributed by atoms with van der Waals surface area (Å²) in [5, 5.41) is 11.1. The van der Waals surface area contributed by atoms with Gasteiger partial charge in [0.2, 0.25) is 0 Å². The molecule has 1 amide bonds. The average Bonchev–Trinajstić information content (AvgIpc) is 3.60. The zero-order chi connectivity index (χ0) is 24.6. The fourth-order valence-corrected chi connectivity index (χ4v) is 3.40. The van der Waals surface area contributed by atoms with Crippen LogP contribution in [0.1, 0.15) is 45.8 Å². The Labute approximate surface area is 189 Å². The van der Waals surface area contributed by atoms with Gasteiger partial charge in [-0.2, -0.15) is 18.4 Å². The first-order chi connectivity index (χ1) is 16.1. The van der Waals surface area contributed by atoms with Crippen molar-refractivity contribution in [1.82, 2.24) is 0 Å². The number of anilines is 1. The molecule has 4 nitrogen and oxygen atoms in total. The number of alkyl halides is 3. The molecule has 1 N–H and O–H groups in total. The van der Waals surface area contributed by atoms with Crippen molar-refractivity contribution in [3.63, 3.8) is 0 Å². The number of rotatable bonds is 5. The third-order valence-electron chi connectivity index (χ3n) is 5.19. The lowest BCUT2D eigenvalue weighted by atomic mass is 10.1. The molecule has 3 aromatic carbocycles. The number of carbonyl (C=O) groups is 1. The van der Waals surface area contributed by atoms with Gasteiger partial charge in [-0.1, -0.05) is 0 Å². The van der Waals surface area contributed by atoms with Crippen LogP contribution in [0.2, 0.25) is 0 Å². The van der Waals surface area contributed by atoms with Crippen LogP contribution in [0.25, 0.3) is 0 Å². The van der Waals surface area contributed by atoms with Crippen LogP contribution in [0, 0.1) is 28.8 Å². The number of ether oxygens (including phenoxy) is 1. The summed E-state index contributed by atoms with van der Waals surface area (Å²) in [5.74, 6) is -5.09. The molecule has 0 aromatic heterocycles. The van der Waals surface area contributed by atoms with E-state index in [1.54, 1.807) is 6.07 Å². The van der Waals surface area contributed by atoms with Gasteiger partial charge >= 0.3 is 6.18 Å². The smallest absolute Gasteiger partial charge is 0.419 e. The molecule has 1 fully saturated rings. The lowest BCUT2D eigenvalue weighted by Crippen LogP contribution is -2.19.